The number of esters is 1. The molecule has 0 amide bonds. The largest absolute Gasteiger partial charge is 0.465 e. The second-order valence-corrected chi connectivity index (χ2v) is 7.48. The number of benzene rings is 1. The summed E-state index contributed by atoms with van der Waals surface area (Å²) in [6, 6.07) is 7.63. The molecule has 0 radical (unpaired) electrons. The van der Waals surface area contributed by atoms with E-state index in [2.05, 4.69) is 9.97 Å². The molecule has 0 saturated carbocycles. The number of aromatic amines is 1. The fourth-order valence-corrected chi connectivity index (χ4v) is 4.14. The van der Waals surface area contributed by atoms with Gasteiger partial charge in [0.05, 0.1) is 19.0 Å². The van der Waals surface area contributed by atoms with E-state index in [0.717, 1.165) is 5.56 Å². The summed E-state index contributed by atoms with van der Waals surface area (Å²) < 4.78 is 4.77. The van der Waals surface area contributed by atoms with Crippen molar-refractivity contribution in [3.05, 3.63) is 61.5 Å². The molecule has 0 aliphatic heterocycles. The SMILES string of the molecule is COC(=O)c1sc2nc(CN(C)Cc3cccc(Cl)c3)[nH]c(=O)c2c1C. The number of aromatic nitrogens is 2. The minimum absolute atomic E-state index is 0.245. The average molecular weight is 392 g/mol. The Bertz CT molecular complexity index is 1030. The first-order valence-electron chi connectivity index (χ1n) is 7.92. The van der Waals surface area contributed by atoms with Crippen LogP contribution in [0.5, 0.6) is 0 Å². The monoisotopic (exact) mass is 391 g/mol. The molecule has 0 spiro atoms. The first kappa shape index (κ1) is 18.6. The molecule has 2 aromatic heterocycles. The van der Waals surface area contributed by atoms with Gasteiger partial charge >= 0.3 is 5.97 Å². The summed E-state index contributed by atoms with van der Waals surface area (Å²) in [5.41, 5.74) is 1.43. The highest BCUT2D eigenvalue weighted by Crippen LogP contribution is 2.27. The van der Waals surface area contributed by atoms with Gasteiger partial charge in [0.25, 0.3) is 5.56 Å². The van der Waals surface area contributed by atoms with E-state index in [9.17, 15) is 9.59 Å². The average Bonchev–Trinajstić information content (AvgIpc) is 2.91. The summed E-state index contributed by atoms with van der Waals surface area (Å²) in [7, 11) is 3.25. The number of aryl methyl sites for hydroxylation is 1. The van der Waals surface area contributed by atoms with Crippen molar-refractivity contribution < 1.29 is 9.53 Å². The lowest BCUT2D eigenvalue weighted by Crippen LogP contribution is -2.21. The summed E-state index contributed by atoms with van der Waals surface area (Å²) >= 11 is 7.19. The first-order valence-corrected chi connectivity index (χ1v) is 9.12. The molecule has 0 aliphatic carbocycles. The van der Waals surface area contributed by atoms with Gasteiger partial charge in [-0.1, -0.05) is 23.7 Å². The van der Waals surface area contributed by atoms with Gasteiger partial charge in [-0.3, -0.25) is 9.69 Å². The molecule has 0 aliphatic rings. The van der Waals surface area contributed by atoms with Gasteiger partial charge in [-0.05, 0) is 37.2 Å². The Morgan fingerprint density at radius 3 is 2.85 bits per heavy atom. The van der Waals surface area contributed by atoms with E-state index >= 15 is 0 Å². The van der Waals surface area contributed by atoms with Crippen LogP contribution < -0.4 is 5.56 Å². The van der Waals surface area contributed by atoms with E-state index < -0.39 is 5.97 Å². The maximum absolute atomic E-state index is 12.5. The number of halogens is 1. The summed E-state index contributed by atoms with van der Waals surface area (Å²) in [5.74, 6) is 0.0919. The highest BCUT2D eigenvalue weighted by atomic mass is 35.5. The van der Waals surface area contributed by atoms with E-state index in [1.165, 1.54) is 18.4 Å². The van der Waals surface area contributed by atoms with Gasteiger partial charge < -0.3 is 9.72 Å². The molecular formula is C18H18ClN3O3S. The molecule has 1 aromatic carbocycles. The predicted octanol–water partition coefficient (Wildman–Crippen LogP) is 3.37. The quantitative estimate of drug-likeness (QED) is 0.675. The van der Waals surface area contributed by atoms with Crippen molar-refractivity contribution >= 4 is 39.1 Å². The molecule has 0 bridgehead atoms. The molecule has 26 heavy (non-hydrogen) atoms. The lowest BCUT2D eigenvalue weighted by Gasteiger charge is -2.16. The van der Waals surface area contributed by atoms with Gasteiger partial charge in [0.15, 0.2) is 0 Å². The van der Waals surface area contributed by atoms with Crippen LogP contribution in [-0.2, 0) is 17.8 Å². The van der Waals surface area contributed by atoms with Gasteiger partial charge in [0, 0.05) is 11.6 Å². The van der Waals surface area contributed by atoms with Gasteiger partial charge in [0.2, 0.25) is 0 Å². The lowest BCUT2D eigenvalue weighted by atomic mass is 10.2. The minimum Gasteiger partial charge on any atom is -0.465 e. The molecular weight excluding hydrogens is 374 g/mol. The Hall–Kier alpha value is -2.22. The van der Waals surface area contributed by atoms with Crippen LogP contribution in [0.2, 0.25) is 5.02 Å². The predicted molar refractivity (Wildman–Crippen MR) is 103 cm³/mol. The number of thiophene rings is 1. The van der Waals surface area contributed by atoms with Gasteiger partial charge in [-0.2, -0.15) is 0 Å². The normalized spacial score (nSPS) is 11.3. The van der Waals surface area contributed by atoms with Crippen LogP contribution in [0.15, 0.2) is 29.1 Å². The van der Waals surface area contributed by atoms with Crippen molar-refractivity contribution in [2.75, 3.05) is 14.2 Å². The second-order valence-electron chi connectivity index (χ2n) is 6.04. The minimum atomic E-state index is -0.454. The first-order chi connectivity index (χ1) is 12.4. The molecule has 3 aromatic rings. The second kappa shape index (κ2) is 7.57. The number of fused-ring (bicyclic) bond motifs is 1. The summed E-state index contributed by atoms with van der Waals surface area (Å²) in [6.07, 6.45) is 0. The van der Waals surface area contributed by atoms with Crippen LogP contribution in [0.25, 0.3) is 10.2 Å². The number of hydrogen-bond donors (Lipinski definition) is 1. The molecule has 0 fully saturated rings. The maximum Gasteiger partial charge on any atom is 0.348 e. The van der Waals surface area contributed by atoms with E-state index in [1.54, 1.807) is 6.92 Å². The van der Waals surface area contributed by atoms with Crippen molar-refractivity contribution in [2.24, 2.45) is 0 Å². The molecule has 136 valence electrons. The fourth-order valence-electron chi connectivity index (χ4n) is 2.81. The third-order valence-corrected chi connectivity index (χ3v) is 5.38. The van der Waals surface area contributed by atoms with Crippen molar-refractivity contribution in [3.8, 4) is 0 Å². The summed E-state index contributed by atoms with van der Waals surface area (Å²) in [5, 5.41) is 1.13. The Kier molecular flexibility index (Phi) is 5.41. The smallest absolute Gasteiger partial charge is 0.348 e. The molecule has 0 atom stereocenters. The van der Waals surface area contributed by atoms with Gasteiger partial charge in [-0.25, -0.2) is 9.78 Å². The Labute approximate surface area is 159 Å². The zero-order chi connectivity index (χ0) is 18.8. The topological polar surface area (TPSA) is 75.3 Å². The molecule has 1 N–H and O–H groups in total. The van der Waals surface area contributed by atoms with Crippen molar-refractivity contribution in [1.82, 2.24) is 14.9 Å². The number of ether oxygens (including phenoxy) is 1. The van der Waals surface area contributed by atoms with E-state index in [-0.39, 0.29) is 5.56 Å². The van der Waals surface area contributed by atoms with Crippen molar-refractivity contribution in [3.63, 3.8) is 0 Å². The number of nitrogens with one attached hydrogen (secondary N) is 1. The molecule has 6 nitrogen and oxygen atoms in total. The third kappa shape index (κ3) is 3.80. The highest BCUT2D eigenvalue weighted by Gasteiger charge is 2.20. The van der Waals surface area contributed by atoms with Crippen LogP contribution in [-0.4, -0.2) is 35.0 Å². The highest BCUT2D eigenvalue weighted by molar-refractivity contribution is 7.20. The number of hydrogen-bond acceptors (Lipinski definition) is 6. The fraction of sp³-hybridized carbons (Fsp3) is 0.278. The number of methoxy groups -OCH3 is 1. The van der Waals surface area contributed by atoms with Crippen molar-refractivity contribution in [2.45, 2.75) is 20.0 Å². The number of nitrogens with zero attached hydrogens (tertiary/aromatic N) is 2. The van der Waals surface area contributed by atoms with Crippen molar-refractivity contribution in [1.29, 1.82) is 0 Å². The Morgan fingerprint density at radius 2 is 2.15 bits per heavy atom. The zero-order valence-electron chi connectivity index (χ0n) is 14.6. The molecule has 2 heterocycles. The van der Waals surface area contributed by atoms with Crippen LogP contribution in [0.1, 0.15) is 26.6 Å². The van der Waals surface area contributed by atoms with Crippen LogP contribution in [0, 0.1) is 6.92 Å². The van der Waals surface area contributed by atoms with Crippen LogP contribution in [0.3, 0.4) is 0 Å². The van der Waals surface area contributed by atoms with E-state index in [4.69, 9.17) is 16.3 Å². The number of carbonyl (C=O) groups excluding carboxylic acids is 1. The zero-order valence-corrected chi connectivity index (χ0v) is 16.2. The molecule has 0 saturated heterocycles. The van der Waals surface area contributed by atoms with Gasteiger partial charge in [-0.15, -0.1) is 11.3 Å². The van der Waals surface area contributed by atoms with Crippen LogP contribution in [0.4, 0.5) is 0 Å². The number of carbonyl (C=O) groups is 1. The standard InChI is InChI=1S/C18H18ClN3O3S/c1-10-14-16(23)20-13(21-17(14)26-15(10)18(24)25-3)9-22(2)8-11-5-4-6-12(19)7-11/h4-7H,8-9H2,1-3H3,(H,20,21,23). The number of H-pyrrole nitrogens is 1. The van der Waals surface area contributed by atoms with E-state index in [0.29, 0.717) is 44.6 Å². The molecule has 8 heteroatoms. The molecule has 3 rings (SSSR count). The number of rotatable bonds is 5. The Morgan fingerprint density at radius 1 is 1.38 bits per heavy atom. The summed E-state index contributed by atoms with van der Waals surface area (Å²) in [6.45, 7) is 2.86. The molecule has 0 unspecified atom stereocenters. The van der Waals surface area contributed by atoms with E-state index in [1.807, 2.05) is 36.2 Å². The van der Waals surface area contributed by atoms with Crippen LogP contribution >= 0.6 is 22.9 Å². The maximum atomic E-state index is 12.5. The Balaban J connectivity index is 1.86. The lowest BCUT2D eigenvalue weighted by molar-refractivity contribution is 0.0605. The summed E-state index contributed by atoms with van der Waals surface area (Å²) in [4.78, 5) is 34.6. The third-order valence-electron chi connectivity index (χ3n) is 3.98. The van der Waals surface area contributed by atoms with Gasteiger partial charge in [0.1, 0.15) is 15.5 Å².